The fraction of sp³-hybridized carbons (Fsp3) is 0.154. The maximum Gasteiger partial charge on any atom is 0.356 e. The van der Waals surface area contributed by atoms with Crippen molar-refractivity contribution >= 4 is 5.97 Å². The number of carboxylic acids is 1. The van der Waals surface area contributed by atoms with Crippen LogP contribution in [0.1, 0.15) is 16.1 Å². The van der Waals surface area contributed by atoms with Crippen molar-refractivity contribution in [3.8, 4) is 17.0 Å². The second-order valence-corrected chi connectivity index (χ2v) is 3.80. The minimum Gasteiger partial charge on any atom is -0.497 e. The lowest BCUT2D eigenvalue weighted by Gasteiger charge is -2.05. The zero-order valence-corrected chi connectivity index (χ0v) is 10.0. The van der Waals surface area contributed by atoms with Crippen molar-refractivity contribution < 1.29 is 14.6 Å². The van der Waals surface area contributed by atoms with Gasteiger partial charge < -0.3 is 9.84 Å². The van der Waals surface area contributed by atoms with Crippen LogP contribution < -0.4 is 4.74 Å². The maximum absolute atomic E-state index is 10.8. The molecule has 1 aromatic carbocycles. The molecule has 0 spiro atoms. The van der Waals surface area contributed by atoms with Crippen LogP contribution in [0, 0.1) is 6.92 Å². The Morgan fingerprint density at radius 2 is 2.06 bits per heavy atom. The first-order valence-corrected chi connectivity index (χ1v) is 5.34. The molecule has 0 unspecified atom stereocenters. The van der Waals surface area contributed by atoms with Crippen LogP contribution in [0.3, 0.4) is 0 Å². The molecule has 0 fully saturated rings. The smallest absolute Gasteiger partial charge is 0.356 e. The van der Waals surface area contributed by atoms with Gasteiger partial charge in [0.1, 0.15) is 5.75 Å². The van der Waals surface area contributed by atoms with E-state index in [1.54, 1.807) is 20.1 Å². The van der Waals surface area contributed by atoms with Crippen molar-refractivity contribution in [2.75, 3.05) is 7.11 Å². The molecule has 0 amide bonds. The second kappa shape index (κ2) is 4.83. The molecule has 0 aliphatic carbocycles. The fourth-order valence-corrected chi connectivity index (χ4v) is 1.62. The van der Waals surface area contributed by atoms with Gasteiger partial charge in [0.25, 0.3) is 0 Å². The van der Waals surface area contributed by atoms with Gasteiger partial charge in [-0.15, -0.1) is 10.2 Å². The zero-order chi connectivity index (χ0) is 13.1. The third kappa shape index (κ3) is 2.29. The summed E-state index contributed by atoms with van der Waals surface area (Å²) in [6.45, 7) is 1.70. The maximum atomic E-state index is 10.8. The number of aromatic nitrogens is 2. The average molecular weight is 244 g/mol. The van der Waals surface area contributed by atoms with Gasteiger partial charge in [-0.25, -0.2) is 4.79 Å². The van der Waals surface area contributed by atoms with E-state index in [9.17, 15) is 4.79 Å². The van der Waals surface area contributed by atoms with Crippen LogP contribution in [0.25, 0.3) is 11.3 Å². The topological polar surface area (TPSA) is 72.3 Å². The molecule has 0 atom stereocenters. The van der Waals surface area contributed by atoms with Crippen molar-refractivity contribution in [2.45, 2.75) is 6.92 Å². The lowest BCUT2D eigenvalue weighted by atomic mass is 10.1. The summed E-state index contributed by atoms with van der Waals surface area (Å²) in [4.78, 5) is 10.8. The summed E-state index contributed by atoms with van der Waals surface area (Å²) in [6.07, 6.45) is 0. The minimum atomic E-state index is -1.07. The molecule has 5 heteroatoms. The molecular weight excluding hydrogens is 232 g/mol. The highest BCUT2D eigenvalue weighted by molar-refractivity contribution is 5.87. The molecule has 0 saturated heterocycles. The highest BCUT2D eigenvalue weighted by Gasteiger charge is 2.11. The number of rotatable bonds is 3. The van der Waals surface area contributed by atoms with Crippen LogP contribution in [0.4, 0.5) is 0 Å². The summed E-state index contributed by atoms with van der Waals surface area (Å²) in [5.41, 5.74) is 2.01. The van der Waals surface area contributed by atoms with Gasteiger partial charge in [-0.2, -0.15) is 0 Å². The highest BCUT2D eigenvalue weighted by Crippen LogP contribution is 2.22. The molecule has 0 aliphatic heterocycles. The first-order chi connectivity index (χ1) is 8.61. The van der Waals surface area contributed by atoms with E-state index in [1.165, 1.54) is 0 Å². The van der Waals surface area contributed by atoms with E-state index in [-0.39, 0.29) is 5.69 Å². The molecule has 1 N–H and O–H groups in total. The number of benzene rings is 1. The Hall–Kier alpha value is -2.43. The molecule has 2 rings (SSSR count). The van der Waals surface area contributed by atoms with Crippen molar-refractivity contribution in [1.29, 1.82) is 0 Å². The van der Waals surface area contributed by atoms with E-state index in [2.05, 4.69) is 10.2 Å². The molecule has 92 valence electrons. The van der Waals surface area contributed by atoms with Gasteiger partial charge in [0.2, 0.25) is 0 Å². The van der Waals surface area contributed by atoms with Gasteiger partial charge >= 0.3 is 5.97 Å². The highest BCUT2D eigenvalue weighted by atomic mass is 16.5. The molecule has 1 heterocycles. The van der Waals surface area contributed by atoms with Crippen molar-refractivity contribution in [3.05, 3.63) is 41.6 Å². The number of hydrogen-bond acceptors (Lipinski definition) is 4. The monoisotopic (exact) mass is 244 g/mol. The Bertz CT molecular complexity index is 597. The second-order valence-electron chi connectivity index (χ2n) is 3.80. The summed E-state index contributed by atoms with van der Waals surface area (Å²) < 4.78 is 5.13. The minimum absolute atomic E-state index is 0.0263. The number of ether oxygens (including phenoxy) is 1. The van der Waals surface area contributed by atoms with Gasteiger partial charge in [-0.1, -0.05) is 12.1 Å². The number of hydrogen-bond donors (Lipinski definition) is 1. The molecule has 5 nitrogen and oxygen atoms in total. The predicted molar refractivity (Wildman–Crippen MR) is 65.7 cm³/mol. The summed E-state index contributed by atoms with van der Waals surface area (Å²) in [5, 5.41) is 16.5. The van der Waals surface area contributed by atoms with Crippen LogP contribution in [0.2, 0.25) is 0 Å². The number of aryl methyl sites for hydroxylation is 1. The summed E-state index contributed by atoms with van der Waals surface area (Å²) >= 11 is 0. The van der Waals surface area contributed by atoms with E-state index in [4.69, 9.17) is 9.84 Å². The molecular formula is C13H12N2O3. The van der Waals surface area contributed by atoms with Crippen LogP contribution in [0.15, 0.2) is 30.3 Å². The molecule has 0 saturated carbocycles. The average Bonchev–Trinajstić information content (AvgIpc) is 2.38. The van der Waals surface area contributed by atoms with Crippen LogP contribution in [-0.2, 0) is 0 Å². The van der Waals surface area contributed by atoms with Gasteiger partial charge in [0, 0.05) is 5.56 Å². The van der Waals surface area contributed by atoms with E-state index >= 15 is 0 Å². The predicted octanol–water partition coefficient (Wildman–Crippen LogP) is 2.16. The SMILES string of the molecule is COc1cccc(-c2cc(C)c(C(=O)O)nn2)c1. The number of methoxy groups -OCH3 is 1. The summed E-state index contributed by atoms with van der Waals surface area (Å²) in [6, 6.07) is 9.06. The largest absolute Gasteiger partial charge is 0.497 e. The van der Waals surface area contributed by atoms with Crippen molar-refractivity contribution in [2.24, 2.45) is 0 Å². The Morgan fingerprint density at radius 1 is 1.28 bits per heavy atom. The third-order valence-electron chi connectivity index (χ3n) is 2.55. The Kier molecular flexibility index (Phi) is 3.23. The summed E-state index contributed by atoms with van der Waals surface area (Å²) in [5.74, 6) is -0.355. The molecule has 0 radical (unpaired) electrons. The van der Waals surface area contributed by atoms with Gasteiger partial charge in [-0.3, -0.25) is 0 Å². The first kappa shape index (κ1) is 12.0. The molecule has 0 bridgehead atoms. The van der Waals surface area contributed by atoms with Crippen LogP contribution in [-0.4, -0.2) is 28.4 Å². The van der Waals surface area contributed by atoms with Gasteiger partial charge in [0.15, 0.2) is 5.69 Å². The zero-order valence-electron chi connectivity index (χ0n) is 10.0. The van der Waals surface area contributed by atoms with Gasteiger partial charge in [-0.05, 0) is 30.7 Å². The summed E-state index contributed by atoms with van der Waals surface area (Å²) in [7, 11) is 1.59. The fourth-order valence-electron chi connectivity index (χ4n) is 1.62. The van der Waals surface area contributed by atoms with Gasteiger partial charge in [0.05, 0.1) is 12.8 Å². The standard InChI is InChI=1S/C13H12N2O3/c1-8-6-11(14-15-12(8)13(16)17)9-4-3-5-10(7-9)18-2/h3-7H,1-2H3,(H,16,17). The lowest BCUT2D eigenvalue weighted by molar-refractivity contribution is 0.0688. The van der Waals surface area contributed by atoms with Crippen molar-refractivity contribution in [3.63, 3.8) is 0 Å². The van der Waals surface area contributed by atoms with Crippen molar-refractivity contribution in [1.82, 2.24) is 10.2 Å². The van der Waals surface area contributed by atoms with E-state index in [0.29, 0.717) is 17.0 Å². The Balaban J connectivity index is 2.45. The Morgan fingerprint density at radius 3 is 2.67 bits per heavy atom. The molecule has 2 aromatic rings. The van der Waals surface area contributed by atoms with E-state index in [1.807, 2.05) is 24.3 Å². The normalized spacial score (nSPS) is 10.1. The number of nitrogens with zero attached hydrogens (tertiary/aromatic N) is 2. The number of carbonyl (C=O) groups is 1. The molecule has 1 aromatic heterocycles. The molecule has 18 heavy (non-hydrogen) atoms. The number of aromatic carboxylic acids is 1. The lowest BCUT2D eigenvalue weighted by Crippen LogP contribution is -2.05. The van der Waals surface area contributed by atoms with Crippen LogP contribution >= 0.6 is 0 Å². The molecule has 0 aliphatic rings. The quantitative estimate of drug-likeness (QED) is 0.895. The van der Waals surface area contributed by atoms with E-state index < -0.39 is 5.97 Å². The number of carboxylic acid groups (broad SMARTS) is 1. The van der Waals surface area contributed by atoms with Crippen LogP contribution in [0.5, 0.6) is 5.75 Å². The Labute approximate surface area is 104 Å². The third-order valence-corrected chi connectivity index (χ3v) is 2.55. The van der Waals surface area contributed by atoms with E-state index in [0.717, 1.165) is 5.56 Å². The first-order valence-electron chi connectivity index (χ1n) is 5.34.